The maximum absolute atomic E-state index is 12.3. The number of hydrogen-bond acceptors (Lipinski definition) is 6. The molecule has 3 heterocycles. The zero-order valence-corrected chi connectivity index (χ0v) is 13.8. The van der Waals surface area contributed by atoms with Gasteiger partial charge in [-0.1, -0.05) is 6.07 Å². The number of furan rings is 1. The van der Waals surface area contributed by atoms with Crippen LogP contribution in [-0.4, -0.2) is 29.8 Å². The van der Waals surface area contributed by atoms with Crippen molar-refractivity contribution in [3.05, 3.63) is 58.9 Å². The first-order chi connectivity index (χ1) is 10.9. The Hall–Kier alpha value is -1.94. The van der Waals surface area contributed by atoms with Gasteiger partial charge in [0.15, 0.2) is 5.60 Å². The fourth-order valence-corrected chi connectivity index (χ4v) is 4.02. The van der Waals surface area contributed by atoms with Crippen molar-refractivity contribution in [2.24, 2.45) is 7.05 Å². The zero-order valence-electron chi connectivity index (χ0n) is 12.2. The number of aromatic nitrogens is 2. The number of sulfonamides is 1. The smallest absolute Gasteiger partial charge is 0.243 e. The highest BCUT2D eigenvalue weighted by molar-refractivity contribution is 7.89. The van der Waals surface area contributed by atoms with E-state index in [2.05, 4.69) is 9.82 Å². The van der Waals surface area contributed by atoms with Gasteiger partial charge in [0.2, 0.25) is 10.0 Å². The molecule has 0 aliphatic carbocycles. The molecule has 0 saturated carbocycles. The molecule has 7 nitrogen and oxygen atoms in total. The van der Waals surface area contributed by atoms with Crippen LogP contribution in [0.25, 0.3) is 0 Å². The number of hydrogen-bond donors (Lipinski definition) is 2. The van der Waals surface area contributed by atoms with Gasteiger partial charge in [-0.3, -0.25) is 4.68 Å². The molecular weight excluding hydrogens is 338 g/mol. The normalized spacial score (nSPS) is 14.7. The molecule has 23 heavy (non-hydrogen) atoms. The Morgan fingerprint density at radius 2 is 2.26 bits per heavy atom. The summed E-state index contributed by atoms with van der Waals surface area (Å²) in [4.78, 5) is 0.620. The Kier molecular flexibility index (Phi) is 4.11. The van der Waals surface area contributed by atoms with E-state index in [1.165, 1.54) is 34.7 Å². The summed E-state index contributed by atoms with van der Waals surface area (Å²) < 4.78 is 33.8. The van der Waals surface area contributed by atoms with E-state index in [4.69, 9.17) is 4.42 Å². The molecule has 2 N–H and O–H groups in total. The molecule has 0 amide bonds. The Bertz CT molecular complexity index is 833. The van der Waals surface area contributed by atoms with Crippen LogP contribution in [0.15, 0.2) is 57.6 Å². The number of aliphatic hydroxyl groups is 1. The van der Waals surface area contributed by atoms with Crippen molar-refractivity contribution < 1.29 is 17.9 Å². The SMILES string of the molecule is Cn1cc(S(=O)(=O)NC[C@@](O)(c2ccco2)c2cccs2)cn1. The van der Waals surface area contributed by atoms with Crippen molar-refractivity contribution >= 4 is 21.4 Å². The maximum atomic E-state index is 12.3. The van der Waals surface area contributed by atoms with Gasteiger partial charge in [-0.25, -0.2) is 13.1 Å². The highest BCUT2D eigenvalue weighted by Gasteiger charge is 2.37. The molecule has 0 aliphatic rings. The first-order valence-corrected chi connectivity index (χ1v) is 9.07. The monoisotopic (exact) mass is 353 g/mol. The van der Waals surface area contributed by atoms with Crippen LogP contribution in [0.4, 0.5) is 0 Å². The maximum Gasteiger partial charge on any atom is 0.243 e. The minimum atomic E-state index is -3.79. The average Bonchev–Trinajstić information content (AvgIpc) is 3.25. The average molecular weight is 353 g/mol. The van der Waals surface area contributed by atoms with Crippen LogP contribution in [0.3, 0.4) is 0 Å². The van der Waals surface area contributed by atoms with Gasteiger partial charge in [0.05, 0.1) is 19.0 Å². The van der Waals surface area contributed by atoms with E-state index in [9.17, 15) is 13.5 Å². The summed E-state index contributed by atoms with van der Waals surface area (Å²) in [6.45, 7) is -0.252. The van der Waals surface area contributed by atoms with Gasteiger partial charge < -0.3 is 9.52 Å². The van der Waals surface area contributed by atoms with E-state index < -0.39 is 15.6 Å². The fourth-order valence-electron chi connectivity index (χ4n) is 2.14. The first-order valence-electron chi connectivity index (χ1n) is 6.70. The van der Waals surface area contributed by atoms with Crippen LogP contribution in [0.1, 0.15) is 10.6 Å². The summed E-state index contributed by atoms with van der Waals surface area (Å²) in [5.41, 5.74) is -1.58. The lowest BCUT2D eigenvalue weighted by molar-refractivity contribution is 0.0655. The fraction of sp³-hybridized carbons (Fsp3) is 0.214. The second kappa shape index (κ2) is 5.93. The molecule has 3 rings (SSSR count). The molecule has 3 aromatic rings. The van der Waals surface area contributed by atoms with E-state index in [0.29, 0.717) is 4.88 Å². The number of rotatable bonds is 6. The Morgan fingerprint density at radius 3 is 2.83 bits per heavy atom. The molecular formula is C14H15N3O4S2. The van der Waals surface area contributed by atoms with Gasteiger partial charge in [0, 0.05) is 18.1 Å². The van der Waals surface area contributed by atoms with Gasteiger partial charge in [-0.05, 0) is 23.6 Å². The van der Waals surface area contributed by atoms with Crippen molar-refractivity contribution in [1.82, 2.24) is 14.5 Å². The van der Waals surface area contributed by atoms with Crippen molar-refractivity contribution in [1.29, 1.82) is 0 Å². The summed E-state index contributed by atoms with van der Waals surface area (Å²) in [5, 5.41) is 16.7. The third-order valence-electron chi connectivity index (χ3n) is 3.37. The quantitative estimate of drug-likeness (QED) is 0.696. The Labute approximate surface area is 137 Å². The third kappa shape index (κ3) is 3.08. The van der Waals surface area contributed by atoms with E-state index in [1.807, 2.05) is 0 Å². The second-order valence-electron chi connectivity index (χ2n) is 4.99. The van der Waals surface area contributed by atoms with Gasteiger partial charge in [-0.15, -0.1) is 11.3 Å². The highest BCUT2D eigenvalue weighted by atomic mass is 32.2. The van der Waals surface area contributed by atoms with Crippen LogP contribution >= 0.6 is 11.3 Å². The van der Waals surface area contributed by atoms with Crippen LogP contribution in [0.5, 0.6) is 0 Å². The number of nitrogens with one attached hydrogen (secondary N) is 1. The molecule has 0 unspecified atom stereocenters. The molecule has 0 aliphatic heterocycles. The highest BCUT2D eigenvalue weighted by Crippen LogP contribution is 2.33. The first kappa shape index (κ1) is 15.9. The molecule has 122 valence electrons. The summed E-state index contributed by atoms with van der Waals surface area (Å²) in [7, 11) is -2.16. The van der Waals surface area contributed by atoms with Crippen molar-refractivity contribution in [3.8, 4) is 0 Å². The van der Waals surface area contributed by atoms with Crippen molar-refractivity contribution in [3.63, 3.8) is 0 Å². The summed E-state index contributed by atoms with van der Waals surface area (Å²) in [6, 6.07) is 6.76. The summed E-state index contributed by atoms with van der Waals surface area (Å²) in [6.07, 6.45) is 4.07. The number of nitrogens with zero attached hydrogens (tertiary/aromatic N) is 2. The zero-order chi connectivity index (χ0) is 16.5. The molecule has 0 bridgehead atoms. The van der Waals surface area contributed by atoms with E-state index in [1.54, 1.807) is 36.7 Å². The van der Waals surface area contributed by atoms with Gasteiger partial charge in [0.1, 0.15) is 10.7 Å². The molecule has 0 radical (unpaired) electrons. The lowest BCUT2D eigenvalue weighted by Crippen LogP contribution is -2.40. The Balaban J connectivity index is 1.89. The molecule has 3 aromatic heterocycles. The summed E-state index contributed by atoms with van der Waals surface area (Å²) >= 11 is 1.32. The van der Waals surface area contributed by atoms with Gasteiger partial charge in [0.25, 0.3) is 0 Å². The standard InChI is InChI=1S/C14H15N3O4S2/c1-17-9-11(8-15-17)23(19,20)16-10-14(18,12-4-2-6-21-12)13-5-3-7-22-13/h2-9,16,18H,10H2,1H3/t14-/m1/s1. The topological polar surface area (TPSA) is 97.4 Å². The molecule has 1 atom stereocenters. The second-order valence-corrected chi connectivity index (χ2v) is 7.70. The lowest BCUT2D eigenvalue weighted by atomic mass is 9.99. The van der Waals surface area contributed by atoms with Crippen molar-refractivity contribution in [2.75, 3.05) is 6.54 Å². The minimum absolute atomic E-state index is 0.0352. The van der Waals surface area contributed by atoms with Crippen LogP contribution in [0.2, 0.25) is 0 Å². The molecule has 0 saturated heterocycles. The van der Waals surface area contributed by atoms with Gasteiger partial charge in [-0.2, -0.15) is 5.10 Å². The molecule has 0 fully saturated rings. The largest absolute Gasteiger partial charge is 0.466 e. The third-order valence-corrected chi connectivity index (χ3v) is 5.74. The van der Waals surface area contributed by atoms with E-state index in [0.717, 1.165) is 0 Å². The van der Waals surface area contributed by atoms with E-state index >= 15 is 0 Å². The van der Waals surface area contributed by atoms with Crippen LogP contribution in [-0.2, 0) is 22.7 Å². The van der Waals surface area contributed by atoms with Crippen LogP contribution < -0.4 is 4.72 Å². The number of aryl methyl sites for hydroxylation is 1. The van der Waals surface area contributed by atoms with E-state index in [-0.39, 0.29) is 17.2 Å². The summed E-state index contributed by atoms with van der Waals surface area (Å²) in [5.74, 6) is 0.272. The predicted molar refractivity (Wildman–Crippen MR) is 84.4 cm³/mol. The minimum Gasteiger partial charge on any atom is -0.466 e. The molecule has 9 heteroatoms. The molecule has 0 aromatic carbocycles. The lowest BCUT2D eigenvalue weighted by Gasteiger charge is -2.25. The molecule has 0 spiro atoms. The Morgan fingerprint density at radius 1 is 1.43 bits per heavy atom. The van der Waals surface area contributed by atoms with Crippen LogP contribution in [0, 0.1) is 0 Å². The van der Waals surface area contributed by atoms with Crippen molar-refractivity contribution in [2.45, 2.75) is 10.5 Å². The predicted octanol–water partition coefficient (Wildman–Crippen LogP) is 1.29. The van der Waals surface area contributed by atoms with Gasteiger partial charge >= 0.3 is 0 Å². The number of thiophene rings is 1.